The zero-order chi connectivity index (χ0) is 13.0. The van der Waals surface area contributed by atoms with Gasteiger partial charge in [0, 0.05) is 18.7 Å². The second-order valence-electron chi connectivity index (χ2n) is 5.03. The Morgan fingerprint density at radius 3 is 2.72 bits per heavy atom. The molecular formula is C15H22N2O. The molecule has 0 aliphatic carbocycles. The van der Waals surface area contributed by atoms with E-state index in [1.165, 1.54) is 5.56 Å². The van der Waals surface area contributed by atoms with E-state index in [9.17, 15) is 4.79 Å². The van der Waals surface area contributed by atoms with Gasteiger partial charge in [0.2, 0.25) is 0 Å². The lowest BCUT2D eigenvalue weighted by atomic mass is 10.1. The van der Waals surface area contributed by atoms with Gasteiger partial charge in [-0.25, -0.2) is 0 Å². The van der Waals surface area contributed by atoms with E-state index in [-0.39, 0.29) is 5.91 Å². The maximum absolute atomic E-state index is 12.3. The number of nitrogens with two attached hydrogens (primary N) is 1. The van der Waals surface area contributed by atoms with Crippen LogP contribution >= 0.6 is 0 Å². The minimum absolute atomic E-state index is 0.164. The second-order valence-corrected chi connectivity index (χ2v) is 5.03. The van der Waals surface area contributed by atoms with Crippen LogP contribution in [0.4, 0.5) is 0 Å². The Kier molecular flexibility index (Phi) is 4.37. The molecule has 1 amide bonds. The van der Waals surface area contributed by atoms with Crippen LogP contribution in [0.1, 0.15) is 35.7 Å². The minimum atomic E-state index is 0.164. The van der Waals surface area contributed by atoms with Crippen LogP contribution in [0.25, 0.3) is 0 Å². The maximum Gasteiger partial charge on any atom is 0.253 e. The van der Waals surface area contributed by atoms with E-state index in [0.29, 0.717) is 5.92 Å². The molecule has 0 spiro atoms. The fourth-order valence-corrected chi connectivity index (χ4v) is 2.55. The SMILES string of the molecule is CCc1ccc(C(=O)N2CCC(CCN)C2)cc1. The second kappa shape index (κ2) is 6.01. The summed E-state index contributed by atoms with van der Waals surface area (Å²) in [7, 11) is 0. The van der Waals surface area contributed by atoms with Gasteiger partial charge in [-0.05, 0) is 49.4 Å². The number of carbonyl (C=O) groups excluding carboxylic acids is 1. The molecule has 1 aromatic rings. The Morgan fingerprint density at radius 2 is 2.11 bits per heavy atom. The van der Waals surface area contributed by atoms with Gasteiger partial charge < -0.3 is 10.6 Å². The molecule has 1 aliphatic rings. The van der Waals surface area contributed by atoms with Crippen LogP contribution in [-0.4, -0.2) is 30.4 Å². The van der Waals surface area contributed by atoms with Crippen molar-refractivity contribution in [3.05, 3.63) is 35.4 Å². The van der Waals surface area contributed by atoms with Gasteiger partial charge in [0.1, 0.15) is 0 Å². The highest BCUT2D eigenvalue weighted by atomic mass is 16.2. The van der Waals surface area contributed by atoms with Gasteiger partial charge in [-0.3, -0.25) is 4.79 Å². The van der Waals surface area contributed by atoms with Crippen molar-refractivity contribution in [3.8, 4) is 0 Å². The number of hydrogen-bond acceptors (Lipinski definition) is 2. The zero-order valence-electron chi connectivity index (χ0n) is 11.1. The third-order valence-electron chi connectivity index (χ3n) is 3.76. The molecule has 1 fully saturated rings. The molecule has 1 unspecified atom stereocenters. The molecule has 1 aromatic carbocycles. The summed E-state index contributed by atoms with van der Waals surface area (Å²) < 4.78 is 0. The van der Waals surface area contributed by atoms with E-state index < -0.39 is 0 Å². The van der Waals surface area contributed by atoms with Gasteiger partial charge in [0.15, 0.2) is 0 Å². The van der Waals surface area contributed by atoms with Crippen LogP contribution in [0.5, 0.6) is 0 Å². The van der Waals surface area contributed by atoms with Crippen LogP contribution in [0.3, 0.4) is 0 Å². The van der Waals surface area contributed by atoms with E-state index in [1.807, 2.05) is 29.2 Å². The van der Waals surface area contributed by atoms with Gasteiger partial charge in [-0.2, -0.15) is 0 Å². The zero-order valence-corrected chi connectivity index (χ0v) is 11.1. The molecule has 3 heteroatoms. The normalized spacial score (nSPS) is 19.2. The Morgan fingerprint density at radius 1 is 1.39 bits per heavy atom. The van der Waals surface area contributed by atoms with E-state index in [4.69, 9.17) is 5.73 Å². The molecule has 0 radical (unpaired) electrons. The smallest absolute Gasteiger partial charge is 0.253 e. The summed E-state index contributed by atoms with van der Waals surface area (Å²) >= 11 is 0. The summed E-state index contributed by atoms with van der Waals surface area (Å²) in [6.45, 7) is 4.58. The Labute approximate surface area is 109 Å². The number of aryl methyl sites for hydroxylation is 1. The third kappa shape index (κ3) is 2.91. The molecule has 18 heavy (non-hydrogen) atoms. The van der Waals surface area contributed by atoms with Crippen LogP contribution in [0, 0.1) is 5.92 Å². The molecule has 1 aliphatic heterocycles. The fourth-order valence-electron chi connectivity index (χ4n) is 2.55. The molecule has 0 saturated carbocycles. The highest BCUT2D eigenvalue weighted by Gasteiger charge is 2.26. The van der Waals surface area contributed by atoms with Crippen molar-refractivity contribution in [1.82, 2.24) is 4.90 Å². The first-order valence-electron chi connectivity index (χ1n) is 6.83. The fraction of sp³-hybridized carbons (Fsp3) is 0.533. The first-order valence-corrected chi connectivity index (χ1v) is 6.83. The van der Waals surface area contributed by atoms with Gasteiger partial charge in [0.05, 0.1) is 0 Å². The average molecular weight is 246 g/mol. The van der Waals surface area contributed by atoms with E-state index >= 15 is 0 Å². The molecule has 2 N–H and O–H groups in total. The van der Waals surface area contributed by atoms with Crippen LogP contribution in [0.15, 0.2) is 24.3 Å². The number of rotatable bonds is 4. The van der Waals surface area contributed by atoms with Crippen molar-refractivity contribution in [1.29, 1.82) is 0 Å². The summed E-state index contributed by atoms with van der Waals surface area (Å²) in [6, 6.07) is 7.97. The van der Waals surface area contributed by atoms with E-state index in [1.54, 1.807) is 0 Å². The molecular weight excluding hydrogens is 224 g/mol. The molecule has 2 rings (SSSR count). The van der Waals surface area contributed by atoms with Gasteiger partial charge >= 0.3 is 0 Å². The maximum atomic E-state index is 12.3. The number of benzene rings is 1. The number of carbonyl (C=O) groups is 1. The molecule has 1 heterocycles. The number of amides is 1. The molecule has 0 bridgehead atoms. The summed E-state index contributed by atoms with van der Waals surface area (Å²) in [5.41, 5.74) is 7.65. The average Bonchev–Trinajstić information content (AvgIpc) is 2.87. The molecule has 0 aromatic heterocycles. The van der Waals surface area contributed by atoms with E-state index in [0.717, 1.165) is 44.5 Å². The highest BCUT2D eigenvalue weighted by molar-refractivity contribution is 5.94. The van der Waals surface area contributed by atoms with Crippen molar-refractivity contribution in [2.45, 2.75) is 26.2 Å². The van der Waals surface area contributed by atoms with Gasteiger partial charge in [-0.15, -0.1) is 0 Å². The first-order chi connectivity index (χ1) is 8.74. The largest absolute Gasteiger partial charge is 0.338 e. The van der Waals surface area contributed by atoms with Crippen molar-refractivity contribution in [2.24, 2.45) is 11.7 Å². The first kappa shape index (κ1) is 13.1. The number of likely N-dealkylation sites (tertiary alicyclic amines) is 1. The van der Waals surface area contributed by atoms with Crippen molar-refractivity contribution in [3.63, 3.8) is 0 Å². The molecule has 1 saturated heterocycles. The van der Waals surface area contributed by atoms with Crippen molar-refractivity contribution in [2.75, 3.05) is 19.6 Å². The summed E-state index contributed by atoms with van der Waals surface area (Å²) in [4.78, 5) is 14.3. The molecule has 3 nitrogen and oxygen atoms in total. The summed E-state index contributed by atoms with van der Waals surface area (Å²) in [6.07, 6.45) is 3.13. The minimum Gasteiger partial charge on any atom is -0.338 e. The summed E-state index contributed by atoms with van der Waals surface area (Å²) in [5, 5.41) is 0. The van der Waals surface area contributed by atoms with Gasteiger partial charge in [0.25, 0.3) is 5.91 Å². The molecule has 98 valence electrons. The quantitative estimate of drug-likeness (QED) is 0.884. The predicted molar refractivity (Wildman–Crippen MR) is 73.5 cm³/mol. The molecule has 1 atom stereocenters. The number of nitrogens with zero attached hydrogens (tertiary/aromatic N) is 1. The van der Waals surface area contributed by atoms with Crippen LogP contribution in [-0.2, 0) is 6.42 Å². The lowest BCUT2D eigenvalue weighted by Gasteiger charge is -2.16. The Bertz CT molecular complexity index is 399. The predicted octanol–water partition coefficient (Wildman–Crippen LogP) is 2.06. The number of hydrogen-bond donors (Lipinski definition) is 1. The lowest BCUT2D eigenvalue weighted by Crippen LogP contribution is -2.28. The topological polar surface area (TPSA) is 46.3 Å². The van der Waals surface area contributed by atoms with Crippen LogP contribution in [0.2, 0.25) is 0 Å². The Balaban J connectivity index is 1.98. The van der Waals surface area contributed by atoms with Crippen molar-refractivity contribution >= 4 is 5.91 Å². The third-order valence-corrected chi connectivity index (χ3v) is 3.76. The lowest BCUT2D eigenvalue weighted by molar-refractivity contribution is 0.0786. The van der Waals surface area contributed by atoms with Gasteiger partial charge in [-0.1, -0.05) is 19.1 Å². The Hall–Kier alpha value is -1.35. The monoisotopic (exact) mass is 246 g/mol. The van der Waals surface area contributed by atoms with Crippen LogP contribution < -0.4 is 5.73 Å². The highest BCUT2D eigenvalue weighted by Crippen LogP contribution is 2.21. The van der Waals surface area contributed by atoms with E-state index in [2.05, 4.69) is 6.92 Å². The summed E-state index contributed by atoms with van der Waals surface area (Å²) in [5.74, 6) is 0.756. The standard InChI is InChI=1S/C15H22N2O/c1-2-12-3-5-14(6-4-12)15(18)17-10-8-13(11-17)7-9-16/h3-6,13H,2,7-11,16H2,1H3. The van der Waals surface area contributed by atoms with Crippen molar-refractivity contribution < 1.29 is 4.79 Å².